The Morgan fingerprint density at radius 3 is 2.48 bits per heavy atom. The van der Waals surface area contributed by atoms with Crippen LogP contribution in [0.2, 0.25) is 5.28 Å². The third-order valence-electron chi connectivity index (χ3n) is 3.79. The van der Waals surface area contributed by atoms with E-state index < -0.39 is 0 Å². The van der Waals surface area contributed by atoms with Crippen LogP contribution in [0.15, 0.2) is 36.7 Å². The third kappa shape index (κ3) is 4.15. The van der Waals surface area contributed by atoms with Crippen molar-refractivity contribution in [3.05, 3.63) is 47.5 Å². The van der Waals surface area contributed by atoms with Gasteiger partial charge in [-0.3, -0.25) is 0 Å². The van der Waals surface area contributed by atoms with Gasteiger partial charge in [0.05, 0.1) is 43.8 Å². The minimum atomic E-state index is 0.197. The standard InChI is InChI=1S/C14H9ClN4.C4H8O2/c1-19-5-3-11-10(8-16)6-9(7-13(11)19)12-2-4-17-14(15)18-12;1-2-6-4-3-5-1/h2-7H,1H3;1-4H2. The van der Waals surface area contributed by atoms with E-state index in [1.807, 2.05) is 36.0 Å². The van der Waals surface area contributed by atoms with Crippen LogP contribution in [0.25, 0.3) is 22.2 Å². The average Bonchev–Trinajstić information content (AvgIpc) is 3.04. The number of nitrogens with zero attached hydrogens (tertiary/aromatic N) is 4. The van der Waals surface area contributed by atoms with E-state index in [0.29, 0.717) is 11.3 Å². The molecule has 128 valence electrons. The molecule has 4 rings (SSSR count). The van der Waals surface area contributed by atoms with Crippen LogP contribution in [0, 0.1) is 11.3 Å². The number of nitriles is 1. The lowest BCUT2D eigenvalue weighted by Gasteiger charge is -2.09. The lowest BCUT2D eigenvalue weighted by molar-refractivity contribution is -0.0334. The Hall–Kier alpha value is -2.46. The topological polar surface area (TPSA) is 73.0 Å². The summed E-state index contributed by atoms with van der Waals surface area (Å²) in [6.45, 7) is 3.11. The van der Waals surface area contributed by atoms with Crippen molar-refractivity contribution in [3.8, 4) is 17.3 Å². The smallest absolute Gasteiger partial charge is 0.222 e. The molecule has 0 unspecified atom stereocenters. The highest BCUT2D eigenvalue weighted by Gasteiger charge is 2.09. The Morgan fingerprint density at radius 1 is 1.16 bits per heavy atom. The van der Waals surface area contributed by atoms with Crippen molar-refractivity contribution in [2.45, 2.75) is 0 Å². The van der Waals surface area contributed by atoms with Crippen LogP contribution in [0.3, 0.4) is 0 Å². The van der Waals surface area contributed by atoms with E-state index in [2.05, 4.69) is 16.0 Å². The van der Waals surface area contributed by atoms with Gasteiger partial charge in [-0.1, -0.05) is 0 Å². The lowest BCUT2D eigenvalue weighted by Crippen LogP contribution is -2.16. The van der Waals surface area contributed by atoms with Gasteiger partial charge in [0, 0.05) is 35.9 Å². The molecular weight excluding hydrogens is 340 g/mol. The molecule has 1 aliphatic heterocycles. The van der Waals surface area contributed by atoms with Crippen molar-refractivity contribution in [1.29, 1.82) is 5.26 Å². The molecule has 1 aliphatic rings. The number of ether oxygens (including phenoxy) is 2. The molecular formula is C18H17ClN4O2. The summed E-state index contributed by atoms with van der Waals surface area (Å²) < 4.78 is 11.9. The zero-order chi connectivity index (χ0) is 17.6. The molecule has 0 saturated carbocycles. The van der Waals surface area contributed by atoms with E-state index in [0.717, 1.165) is 42.9 Å². The van der Waals surface area contributed by atoms with E-state index in [9.17, 15) is 5.26 Å². The van der Waals surface area contributed by atoms with Crippen LogP contribution in [0.5, 0.6) is 0 Å². The fraction of sp³-hybridized carbons (Fsp3) is 0.278. The molecule has 0 N–H and O–H groups in total. The lowest BCUT2D eigenvalue weighted by atomic mass is 10.0. The molecule has 7 heteroatoms. The summed E-state index contributed by atoms with van der Waals surface area (Å²) in [6.07, 6.45) is 3.54. The predicted molar refractivity (Wildman–Crippen MR) is 95.3 cm³/mol. The molecule has 2 aromatic heterocycles. The number of hydrogen-bond acceptors (Lipinski definition) is 5. The fourth-order valence-electron chi connectivity index (χ4n) is 2.55. The van der Waals surface area contributed by atoms with Crippen LogP contribution in [0.1, 0.15) is 5.56 Å². The summed E-state index contributed by atoms with van der Waals surface area (Å²) in [7, 11) is 1.94. The molecule has 1 fully saturated rings. The van der Waals surface area contributed by atoms with Crippen molar-refractivity contribution in [2.24, 2.45) is 7.05 Å². The largest absolute Gasteiger partial charge is 0.377 e. The first-order valence-electron chi connectivity index (χ1n) is 7.82. The Kier molecular flexibility index (Phi) is 5.61. The van der Waals surface area contributed by atoms with Gasteiger partial charge in [0.15, 0.2) is 0 Å². The second-order valence-corrected chi connectivity index (χ2v) is 5.77. The summed E-state index contributed by atoms with van der Waals surface area (Å²) in [5.74, 6) is 0. The number of rotatable bonds is 1. The zero-order valence-corrected chi connectivity index (χ0v) is 14.5. The second kappa shape index (κ2) is 8.08. The van der Waals surface area contributed by atoms with Crippen molar-refractivity contribution in [3.63, 3.8) is 0 Å². The van der Waals surface area contributed by atoms with Gasteiger partial charge < -0.3 is 14.0 Å². The Bertz CT molecular complexity index is 902. The number of halogens is 1. The number of hydrogen-bond donors (Lipinski definition) is 0. The van der Waals surface area contributed by atoms with E-state index in [1.165, 1.54) is 0 Å². The zero-order valence-electron chi connectivity index (χ0n) is 13.8. The molecule has 1 saturated heterocycles. The predicted octanol–water partition coefficient (Wildman–Crippen LogP) is 3.19. The highest BCUT2D eigenvalue weighted by Crippen LogP contribution is 2.27. The third-order valence-corrected chi connectivity index (χ3v) is 3.97. The molecule has 0 amide bonds. The summed E-state index contributed by atoms with van der Waals surface area (Å²) in [5, 5.41) is 10.4. The summed E-state index contributed by atoms with van der Waals surface area (Å²) in [4.78, 5) is 8.04. The van der Waals surface area contributed by atoms with Gasteiger partial charge in [0.25, 0.3) is 0 Å². The first-order chi connectivity index (χ1) is 12.2. The van der Waals surface area contributed by atoms with Crippen LogP contribution in [-0.2, 0) is 16.5 Å². The maximum absolute atomic E-state index is 9.25. The highest BCUT2D eigenvalue weighted by atomic mass is 35.5. The summed E-state index contributed by atoms with van der Waals surface area (Å²) in [6, 6.07) is 9.74. The molecule has 0 bridgehead atoms. The molecule has 0 atom stereocenters. The Balaban J connectivity index is 0.000000258. The van der Waals surface area contributed by atoms with Crippen LogP contribution < -0.4 is 0 Å². The van der Waals surface area contributed by atoms with Gasteiger partial charge >= 0.3 is 0 Å². The van der Waals surface area contributed by atoms with Crippen molar-refractivity contribution in [1.82, 2.24) is 14.5 Å². The molecule has 0 radical (unpaired) electrons. The molecule has 3 heterocycles. The maximum atomic E-state index is 9.25. The van der Waals surface area contributed by atoms with Crippen molar-refractivity contribution in [2.75, 3.05) is 26.4 Å². The van der Waals surface area contributed by atoms with E-state index >= 15 is 0 Å². The minimum Gasteiger partial charge on any atom is -0.377 e. The van der Waals surface area contributed by atoms with Gasteiger partial charge in [0.1, 0.15) is 0 Å². The van der Waals surface area contributed by atoms with Gasteiger partial charge in [-0.05, 0) is 35.9 Å². The van der Waals surface area contributed by atoms with Gasteiger partial charge in [-0.25, -0.2) is 9.97 Å². The SMILES string of the molecule is C1COCCO1.Cn1ccc2c(C#N)cc(-c3ccnc(Cl)n3)cc21. The molecule has 0 spiro atoms. The van der Waals surface area contributed by atoms with E-state index in [4.69, 9.17) is 21.1 Å². The number of aromatic nitrogens is 3. The van der Waals surface area contributed by atoms with Crippen LogP contribution in [-0.4, -0.2) is 41.0 Å². The van der Waals surface area contributed by atoms with E-state index in [1.54, 1.807) is 12.3 Å². The Morgan fingerprint density at radius 2 is 1.88 bits per heavy atom. The normalized spacial score (nSPS) is 13.8. The second-order valence-electron chi connectivity index (χ2n) is 5.43. The van der Waals surface area contributed by atoms with Crippen molar-refractivity contribution >= 4 is 22.5 Å². The number of fused-ring (bicyclic) bond motifs is 1. The monoisotopic (exact) mass is 356 g/mol. The molecule has 25 heavy (non-hydrogen) atoms. The number of benzene rings is 1. The minimum absolute atomic E-state index is 0.197. The first kappa shape index (κ1) is 17.4. The molecule has 6 nitrogen and oxygen atoms in total. The van der Waals surface area contributed by atoms with Crippen LogP contribution in [0.4, 0.5) is 0 Å². The highest BCUT2D eigenvalue weighted by molar-refractivity contribution is 6.28. The maximum Gasteiger partial charge on any atom is 0.222 e. The average molecular weight is 357 g/mol. The van der Waals surface area contributed by atoms with Gasteiger partial charge in [-0.2, -0.15) is 5.26 Å². The quantitative estimate of drug-likeness (QED) is 0.626. The summed E-state index contributed by atoms with van der Waals surface area (Å²) >= 11 is 5.80. The first-order valence-corrected chi connectivity index (χ1v) is 8.20. The fourth-order valence-corrected chi connectivity index (χ4v) is 2.69. The Labute approximate surface area is 150 Å². The van der Waals surface area contributed by atoms with Crippen LogP contribution >= 0.6 is 11.6 Å². The van der Waals surface area contributed by atoms with Gasteiger partial charge in [-0.15, -0.1) is 0 Å². The van der Waals surface area contributed by atoms with Gasteiger partial charge in [0.2, 0.25) is 5.28 Å². The molecule has 0 aliphatic carbocycles. The molecule has 3 aromatic rings. The number of aryl methyl sites for hydroxylation is 1. The van der Waals surface area contributed by atoms with E-state index in [-0.39, 0.29) is 5.28 Å². The van der Waals surface area contributed by atoms with Crippen molar-refractivity contribution < 1.29 is 9.47 Å². The molecule has 1 aromatic carbocycles. The summed E-state index contributed by atoms with van der Waals surface area (Å²) in [5.41, 5.74) is 3.18.